The second-order valence-corrected chi connectivity index (χ2v) is 14.3. The predicted octanol–water partition coefficient (Wildman–Crippen LogP) is 4.32. The molecule has 0 bridgehead atoms. The van der Waals surface area contributed by atoms with Gasteiger partial charge in [-0.1, -0.05) is 6.92 Å². The molecule has 1 aliphatic rings. The number of sulfonamides is 1. The average molecular weight is 689 g/mol. The highest BCUT2D eigenvalue weighted by Gasteiger charge is 2.33. The third-order valence-electron chi connectivity index (χ3n) is 8.20. The molecule has 0 unspecified atom stereocenters. The van der Waals surface area contributed by atoms with Crippen LogP contribution in [0.5, 0.6) is 5.75 Å². The number of nitrogens with zero attached hydrogens (tertiary/aromatic N) is 4. The van der Waals surface area contributed by atoms with Crippen LogP contribution < -0.4 is 15.4 Å². The summed E-state index contributed by atoms with van der Waals surface area (Å²) in [4.78, 5) is 32.6. The first-order chi connectivity index (χ1) is 22.8. The molecule has 3 N–H and O–H groups in total. The molecule has 262 valence electrons. The Hall–Kier alpha value is -4.05. The molecule has 0 saturated heterocycles. The number of benzene rings is 2. The second-order valence-electron chi connectivity index (χ2n) is 12.3. The van der Waals surface area contributed by atoms with Crippen LogP contribution >= 0.6 is 0 Å². The number of carbonyl (C=O) groups is 2. The van der Waals surface area contributed by atoms with Crippen LogP contribution in [0.25, 0.3) is 0 Å². The SMILES string of the molecule is C[C@@H]1CN([C@H](C)CO)C(=O)c2cc(NC(=O)Nc3ccc(F)cc3)ccc2O[C@@H](C)CCCCO[C@H]1CN(C)S(=O)(=O)c1cn(C)cn1. The van der Waals surface area contributed by atoms with E-state index in [1.54, 1.807) is 30.7 Å². The Morgan fingerprint density at radius 1 is 1.15 bits per heavy atom. The fraction of sp³-hybridized carbons (Fsp3) is 0.485. The predicted molar refractivity (Wildman–Crippen MR) is 179 cm³/mol. The number of aryl methyl sites for hydroxylation is 1. The topological polar surface area (TPSA) is 155 Å². The minimum atomic E-state index is -3.90. The first-order valence-corrected chi connectivity index (χ1v) is 17.3. The van der Waals surface area contributed by atoms with Gasteiger partial charge in [0.15, 0.2) is 5.03 Å². The van der Waals surface area contributed by atoms with Crippen LogP contribution in [0.1, 0.15) is 50.4 Å². The van der Waals surface area contributed by atoms with Gasteiger partial charge in [-0.3, -0.25) is 4.79 Å². The van der Waals surface area contributed by atoms with Crippen LogP contribution in [0.4, 0.5) is 20.6 Å². The van der Waals surface area contributed by atoms with E-state index in [4.69, 9.17) is 9.47 Å². The van der Waals surface area contributed by atoms with E-state index in [0.29, 0.717) is 36.6 Å². The summed E-state index contributed by atoms with van der Waals surface area (Å²) in [5, 5.41) is 15.4. The molecule has 1 aliphatic heterocycles. The maximum atomic E-state index is 14.3. The van der Waals surface area contributed by atoms with E-state index in [2.05, 4.69) is 15.6 Å². The standard InChI is InChI=1S/C33H45FN6O7S/c1-22-17-40(23(2)20-41)32(42)28-16-27(37-33(43)36-26-11-9-25(34)10-12-26)13-14-29(28)47-24(3)8-6-7-15-46-30(22)18-39(5)48(44,45)31-19-38(4)21-35-31/h9-14,16,19,21-24,30,41H,6-8,15,17-18,20H2,1-5H3,(H2,36,37,43)/t22-,23-,24+,30+/m1/s1. The Morgan fingerprint density at radius 2 is 1.83 bits per heavy atom. The zero-order valence-electron chi connectivity index (χ0n) is 27.9. The average Bonchev–Trinajstić information content (AvgIpc) is 3.50. The van der Waals surface area contributed by atoms with E-state index in [1.807, 2.05) is 13.8 Å². The lowest BCUT2D eigenvalue weighted by atomic mass is 10.0. The van der Waals surface area contributed by atoms with Crippen LogP contribution in [-0.4, -0.2) is 95.8 Å². The summed E-state index contributed by atoms with van der Waals surface area (Å²) in [6.45, 7) is 5.68. The normalized spacial score (nSPS) is 20.4. The highest BCUT2D eigenvalue weighted by atomic mass is 32.2. The molecule has 0 radical (unpaired) electrons. The molecular formula is C33H45FN6O7S. The van der Waals surface area contributed by atoms with Crippen molar-refractivity contribution in [1.82, 2.24) is 18.8 Å². The van der Waals surface area contributed by atoms with E-state index >= 15 is 0 Å². The van der Waals surface area contributed by atoms with Gasteiger partial charge in [0.1, 0.15) is 11.6 Å². The number of imidazole rings is 1. The van der Waals surface area contributed by atoms with Crippen molar-refractivity contribution in [3.8, 4) is 5.75 Å². The lowest BCUT2D eigenvalue weighted by Gasteiger charge is -2.35. The molecule has 48 heavy (non-hydrogen) atoms. The summed E-state index contributed by atoms with van der Waals surface area (Å²) in [5.74, 6) is -0.919. The number of rotatable bonds is 8. The molecule has 3 amide bonds. The maximum absolute atomic E-state index is 14.3. The molecule has 2 aromatic carbocycles. The number of nitrogens with one attached hydrogen (secondary N) is 2. The van der Waals surface area contributed by atoms with E-state index in [0.717, 1.165) is 6.42 Å². The molecule has 0 saturated carbocycles. The molecular weight excluding hydrogens is 643 g/mol. The number of aliphatic hydroxyl groups excluding tert-OH is 1. The minimum Gasteiger partial charge on any atom is -0.490 e. The molecule has 0 spiro atoms. The first-order valence-electron chi connectivity index (χ1n) is 15.9. The third-order valence-corrected chi connectivity index (χ3v) is 9.91. The summed E-state index contributed by atoms with van der Waals surface area (Å²) in [5.41, 5.74) is 0.872. The molecule has 3 aromatic rings. The Balaban J connectivity index is 1.62. The summed E-state index contributed by atoms with van der Waals surface area (Å²) >= 11 is 0. The van der Waals surface area contributed by atoms with Gasteiger partial charge in [0.2, 0.25) is 0 Å². The van der Waals surface area contributed by atoms with Crippen LogP contribution in [0.2, 0.25) is 0 Å². The number of carbonyl (C=O) groups excluding carboxylic acids is 2. The van der Waals surface area contributed by atoms with Gasteiger partial charge in [0.05, 0.1) is 36.7 Å². The molecule has 13 nitrogen and oxygen atoms in total. The summed E-state index contributed by atoms with van der Waals surface area (Å²) in [7, 11) is -0.741. The van der Waals surface area contributed by atoms with E-state index in [1.165, 1.54) is 59.1 Å². The number of likely N-dealkylation sites (N-methyl/N-ethyl adjacent to an activating group) is 1. The van der Waals surface area contributed by atoms with Gasteiger partial charge in [-0.2, -0.15) is 4.31 Å². The van der Waals surface area contributed by atoms with Crippen molar-refractivity contribution in [3.05, 3.63) is 66.4 Å². The van der Waals surface area contributed by atoms with Crippen molar-refractivity contribution < 1.29 is 37.0 Å². The van der Waals surface area contributed by atoms with Crippen molar-refractivity contribution in [3.63, 3.8) is 0 Å². The number of urea groups is 1. The van der Waals surface area contributed by atoms with E-state index < -0.39 is 39.9 Å². The number of amides is 3. The van der Waals surface area contributed by atoms with Crippen molar-refractivity contribution in [2.75, 3.05) is 44.0 Å². The Kier molecular flexibility index (Phi) is 12.5. The van der Waals surface area contributed by atoms with Gasteiger partial charge < -0.3 is 34.7 Å². The summed E-state index contributed by atoms with van der Waals surface area (Å²) < 4.78 is 55.2. The number of hydrogen-bond donors (Lipinski definition) is 3. The maximum Gasteiger partial charge on any atom is 0.323 e. The van der Waals surface area contributed by atoms with Crippen molar-refractivity contribution in [1.29, 1.82) is 0 Å². The highest BCUT2D eigenvalue weighted by Crippen LogP contribution is 2.29. The largest absolute Gasteiger partial charge is 0.490 e. The Labute approximate surface area is 281 Å². The number of hydrogen-bond acceptors (Lipinski definition) is 8. The zero-order valence-corrected chi connectivity index (χ0v) is 28.7. The fourth-order valence-corrected chi connectivity index (χ4v) is 6.47. The smallest absolute Gasteiger partial charge is 0.323 e. The lowest BCUT2D eigenvalue weighted by Crippen LogP contribution is -2.48. The third kappa shape index (κ3) is 9.52. The van der Waals surface area contributed by atoms with Crippen molar-refractivity contribution >= 4 is 33.3 Å². The van der Waals surface area contributed by atoms with Gasteiger partial charge >= 0.3 is 6.03 Å². The molecule has 15 heteroatoms. The lowest BCUT2D eigenvalue weighted by molar-refractivity contribution is -0.00835. The number of aliphatic hydroxyl groups is 1. The summed E-state index contributed by atoms with van der Waals surface area (Å²) in [6.07, 6.45) is 4.16. The minimum absolute atomic E-state index is 0.0168. The molecule has 2 heterocycles. The molecule has 4 atom stereocenters. The van der Waals surface area contributed by atoms with Gasteiger partial charge in [0, 0.05) is 57.3 Å². The van der Waals surface area contributed by atoms with E-state index in [-0.39, 0.29) is 42.3 Å². The van der Waals surface area contributed by atoms with Crippen LogP contribution in [-0.2, 0) is 21.8 Å². The van der Waals surface area contributed by atoms with Gasteiger partial charge in [-0.25, -0.2) is 22.6 Å². The summed E-state index contributed by atoms with van der Waals surface area (Å²) in [6, 6.07) is 8.85. The number of fused-ring (bicyclic) bond motifs is 1. The van der Waals surface area contributed by atoms with Crippen molar-refractivity contribution in [2.24, 2.45) is 13.0 Å². The van der Waals surface area contributed by atoms with Gasteiger partial charge in [0.25, 0.3) is 15.9 Å². The van der Waals surface area contributed by atoms with Crippen LogP contribution in [0.15, 0.2) is 60.0 Å². The zero-order chi connectivity index (χ0) is 35.0. The highest BCUT2D eigenvalue weighted by molar-refractivity contribution is 7.89. The number of ether oxygens (including phenoxy) is 2. The molecule has 0 aliphatic carbocycles. The number of halogens is 1. The Morgan fingerprint density at radius 3 is 2.50 bits per heavy atom. The van der Waals surface area contributed by atoms with Gasteiger partial charge in [-0.15, -0.1) is 0 Å². The van der Waals surface area contributed by atoms with Crippen LogP contribution in [0.3, 0.4) is 0 Å². The van der Waals surface area contributed by atoms with E-state index in [9.17, 15) is 27.5 Å². The van der Waals surface area contributed by atoms with Crippen molar-refractivity contribution in [2.45, 2.75) is 63.3 Å². The quantitative estimate of drug-likeness (QED) is 0.316. The number of aromatic nitrogens is 2. The molecule has 4 rings (SSSR count). The second kappa shape index (κ2) is 16.4. The monoisotopic (exact) mass is 688 g/mol. The van der Waals surface area contributed by atoms with Gasteiger partial charge in [-0.05, 0) is 75.6 Å². The first kappa shape index (κ1) is 36.8. The number of anilines is 2. The van der Waals surface area contributed by atoms with Crippen LogP contribution in [0, 0.1) is 11.7 Å². The Bertz CT molecular complexity index is 1650. The molecule has 0 fully saturated rings. The molecule has 1 aromatic heterocycles. The fourth-order valence-electron chi connectivity index (χ4n) is 5.32.